The molecule has 3 N–H and O–H groups in total. The second-order valence-corrected chi connectivity index (χ2v) is 7.50. The van der Waals surface area contributed by atoms with E-state index in [0.29, 0.717) is 37.7 Å². The maximum atomic E-state index is 15.2. The lowest BCUT2D eigenvalue weighted by Gasteiger charge is -2.12. The van der Waals surface area contributed by atoms with Gasteiger partial charge in [-0.05, 0) is 51.8 Å². The molecule has 0 saturated heterocycles. The van der Waals surface area contributed by atoms with Crippen LogP contribution < -0.4 is 10.5 Å². The third-order valence-electron chi connectivity index (χ3n) is 4.30. The summed E-state index contributed by atoms with van der Waals surface area (Å²) >= 11 is 9.32. The van der Waals surface area contributed by atoms with Crippen molar-refractivity contribution in [2.75, 3.05) is 5.73 Å². The SMILES string of the molecule is N#Cc1cc(Cl)cc(Oc2c(Br)ccc(Cc3n[nH]c4c(N)nccc34)c2F)c1. The molecule has 2 aromatic carbocycles. The topological polar surface area (TPSA) is 101 Å². The summed E-state index contributed by atoms with van der Waals surface area (Å²) in [7, 11) is 0. The van der Waals surface area contributed by atoms with E-state index in [0.717, 1.165) is 5.39 Å². The molecule has 0 aliphatic heterocycles. The van der Waals surface area contributed by atoms with Crippen molar-refractivity contribution >= 4 is 44.3 Å². The molecular formula is C20H12BrClFN5O. The highest BCUT2D eigenvalue weighted by Crippen LogP contribution is 2.36. The Morgan fingerprint density at radius 2 is 2.10 bits per heavy atom. The number of nitrogens with two attached hydrogens (primary N) is 1. The van der Waals surface area contributed by atoms with Crippen molar-refractivity contribution in [1.29, 1.82) is 5.26 Å². The average molecular weight is 473 g/mol. The Balaban J connectivity index is 1.71. The van der Waals surface area contributed by atoms with Crippen molar-refractivity contribution in [2.24, 2.45) is 0 Å². The molecule has 0 bridgehead atoms. The van der Waals surface area contributed by atoms with E-state index in [9.17, 15) is 0 Å². The summed E-state index contributed by atoms with van der Waals surface area (Å²) in [6, 6.07) is 11.6. The van der Waals surface area contributed by atoms with E-state index in [1.807, 2.05) is 6.07 Å². The predicted octanol–water partition coefficient (Wildman–Crippen LogP) is 5.35. The maximum absolute atomic E-state index is 15.2. The van der Waals surface area contributed by atoms with Crippen molar-refractivity contribution < 1.29 is 9.13 Å². The number of aromatic amines is 1. The van der Waals surface area contributed by atoms with Crippen LogP contribution >= 0.6 is 27.5 Å². The van der Waals surface area contributed by atoms with E-state index in [1.165, 1.54) is 18.2 Å². The molecule has 144 valence electrons. The van der Waals surface area contributed by atoms with Gasteiger partial charge in [0.1, 0.15) is 17.1 Å². The molecule has 2 aromatic heterocycles. The van der Waals surface area contributed by atoms with Gasteiger partial charge in [0, 0.05) is 23.0 Å². The lowest BCUT2D eigenvalue weighted by Crippen LogP contribution is -1.98. The van der Waals surface area contributed by atoms with Crippen LogP contribution in [0.3, 0.4) is 0 Å². The fourth-order valence-corrected chi connectivity index (χ4v) is 3.55. The summed E-state index contributed by atoms with van der Waals surface area (Å²) in [5.74, 6) is 0.0383. The average Bonchev–Trinajstić information content (AvgIpc) is 3.11. The molecular weight excluding hydrogens is 461 g/mol. The Kier molecular flexibility index (Phi) is 5.09. The number of aromatic nitrogens is 3. The van der Waals surface area contributed by atoms with Gasteiger partial charge in [-0.15, -0.1) is 0 Å². The van der Waals surface area contributed by atoms with Gasteiger partial charge in [-0.1, -0.05) is 17.7 Å². The van der Waals surface area contributed by atoms with E-state index in [4.69, 9.17) is 27.3 Å². The number of benzene rings is 2. The summed E-state index contributed by atoms with van der Waals surface area (Å²) < 4.78 is 21.4. The van der Waals surface area contributed by atoms with E-state index < -0.39 is 5.82 Å². The number of pyridine rings is 1. The number of nitriles is 1. The molecule has 0 aliphatic rings. The maximum Gasteiger partial charge on any atom is 0.177 e. The van der Waals surface area contributed by atoms with Crippen molar-refractivity contribution in [3.05, 3.63) is 74.7 Å². The highest BCUT2D eigenvalue weighted by Gasteiger charge is 2.18. The van der Waals surface area contributed by atoms with Gasteiger partial charge in [0.15, 0.2) is 11.6 Å². The third-order valence-corrected chi connectivity index (χ3v) is 5.14. The number of rotatable bonds is 4. The highest BCUT2D eigenvalue weighted by molar-refractivity contribution is 9.10. The molecule has 0 radical (unpaired) electrons. The molecule has 0 spiro atoms. The number of halogens is 3. The highest BCUT2D eigenvalue weighted by atomic mass is 79.9. The number of nitrogen functional groups attached to an aromatic ring is 1. The standard InChI is InChI=1S/C20H12BrClFN5O/c21-15-2-1-11(7-16-14-3-4-26-20(25)18(14)28-27-16)17(23)19(15)29-13-6-10(9-24)5-12(22)8-13/h1-6,8H,7H2,(H2,25,26)(H,27,28). The Bertz CT molecular complexity index is 1280. The summed E-state index contributed by atoms with van der Waals surface area (Å²) in [6.07, 6.45) is 1.80. The minimum absolute atomic E-state index is 0.00493. The van der Waals surface area contributed by atoms with E-state index in [1.54, 1.807) is 24.4 Å². The number of hydrogen-bond donors (Lipinski definition) is 2. The molecule has 4 rings (SSSR count). The fourth-order valence-electron chi connectivity index (χ4n) is 2.94. The third kappa shape index (κ3) is 3.75. The summed E-state index contributed by atoms with van der Waals surface area (Å²) in [5.41, 5.74) is 7.79. The molecule has 2 heterocycles. The van der Waals surface area contributed by atoms with Crippen molar-refractivity contribution in [2.45, 2.75) is 6.42 Å². The summed E-state index contributed by atoms with van der Waals surface area (Å²) in [6.45, 7) is 0. The molecule has 9 heteroatoms. The summed E-state index contributed by atoms with van der Waals surface area (Å²) in [4.78, 5) is 4.01. The van der Waals surface area contributed by atoms with Crippen LogP contribution in [0.5, 0.6) is 11.5 Å². The van der Waals surface area contributed by atoms with Gasteiger partial charge in [-0.25, -0.2) is 9.37 Å². The van der Waals surface area contributed by atoms with Gasteiger partial charge >= 0.3 is 0 Å². The Hall–Kier alpha value is -3.15. The zero-order chi connectivity index (χ0) is 20.5. The van der Waals surface area contributed by atoms with Crippen LogP contribution in [0.15, 0.2) is 47.1 Å². The normalized spacial score (nSPS) is 10.8. The van der Waals surface area contributed by atoms with Crippen LogP contribution in [0.1, 0.15) is 16.8 Å². The second-order valence-electron chi connectivity index (χ2n) is 6.20. The first-order chi connectivity index (χ1) is 14.0. The quantitative estimate of drug-likeness (QED) is 0.417. The molecule has 0 saturated carbocycles. The van der Waals surface area contributed by atoms with Crippen molar-refractivity contribution in [3.8, 4) is 17.6 Å². The number of hydrogen-bond acceptors (Lipinski definition) is 5. The second kappa shape index (κ2) is 7.70. The summed E-state index contributed by atoms with van der Waals surface area (Å²) in [5, 5.41) is 17.3. The van der Waals surface area contributed by atoms with Crippen molar-refractivity contribution in [1.82, 2.24) is 15.2 Å². The number of anilines is 1. The molecule has 6 nitrogen and oxygen atoms in total. The first-order valence-electron chi connectivity index (χ1n) is 8.39. The zero-order valence-electron chi connectivity index (χ0n) is 14.7. The monoisotopic (exact) mass is 471 g/mol. The number of H-pyrrole nitrogens is 1. The van der Waals surface area contributed by atoms with E-state index >= 15 is 4.39 Å². The molecule has 0 unspecified atom stereocenters. The predicted molar refractivity (Wildman–Crippen MR) is 111 cm³/mol. The van der Waals surface area contributed by atoms with Gasteiger partial charge in [-0.2, -0.15) is 10.4 Å². The lowest BCUT2D eigenvalue weighted by atomic mass is 10.1. The van der Waals surface area contributed by atoms with Gasteiger partial charge in [0.05, 0.1) is 21.8 Å². The molecule has 0 atom stereocenters. The fraction of sp³-hybridized carbons (Fsp3) is 0.0500. The van der Waals surface area contributed by atoms with Crippen LogP contribution in [-0.4, -0.2) is 15.2 Å². The van der Waals surface area contributed by atoms with Crippen LogP contribution in [0.2, 0.25) is 5.02 Å². The molecule has 0 fully saturated rings. The first kappa shape index (κ1) is 19.2. The first-order valence-corrected chi connectivity index (χ1v) is 9.56. The van der Waals surface area contributed by atoms with Gasteiger partial charge < -0.3 is 10.5 Å². The Morgan fingerprint density at radius 1 is 1.28 bits per heavy atom. The minimum atomic E-state index is -0.545. The van der Waals surface area contributed by atoms with E-state index in [-0.39, 0.29) is 17.9 Å². The Labute approximate surface area is 178 Å². The minimum Gasteiger partial charge on any atom is -0.453 e. The van der Waals surface area contributed by atoms with Gasteiger partial charge in [0.25, 0.3) is 0 Å². The van der Waals surface area contributed by atoms with Gasteiger partial charge in [0.2, 0.25) is 0 Å². The van der Waals surface area contributed by atoms with E-state index in [2.05, 4.69) is 31.1 Å². The van der Waals surface area contributed by atoms with Crippen LogP contribution in [0.25, 0.3) is 10.9 Å². The largest absolute Gasteiger partial charge is 0.453 e. The van der Waals surface area contributed by atoms with Crippen LogP contribution in [-0.2, 0) is 6.42 Å². The molecule has 0 aliphatic carbocycles. The number of ether oxygens (including phenoxy) is 1. The number of fused-ring (bicyclic) bond motifs is 1. The zero-order valence-corrected chi connectivity index (χ0v) is 17.1. The number of nitrogens with one attached hydrogen (secondary N) is 1. The molecule has 4 aromatic rings. The smallest absolute Gasteiger partial charge is 0.177 e. The van der Waals surface area contributed by atoms with Crippen LogP contribution in [0, 0.1) is 17.1 Å². The van der Waals surface area contributed by atoms with Gasteiger partial charge in [-0.3, -0.25) is 5.10 Å². The van der Waals surface area contributed by atoms with Crippen molar-refractivity contribution in [3.63, 3.8) is 0 Å². The number of nitrogens with zero attached hydrogens (tertiary/aromatic N) is 3. The Morgan fingerprint density at radius 3 is 2.90 bits per heavy atom. The van der Waals surface area contributed by atoms with Crippen LogP contribution in [0.4, 0.5) is 10.2 Å². The molecule has 29 heavy (non-hydrogen) atoms. The molecule has 0 amide bonds. The lowest BCUT2D eigenvalue weighted by molar-refractivity contribution is 0.436.